The van der Waals surface area contributed by atoms with E-state index in [1.807, 2.05) is 30.2 Å². The summed E-state index contributed by atoms with van der Waals surface area (Å²) in [6, 6.07) is 3.77. The van der Waals surface area contributed by atoms with Gasteiger partial charge in [-0.25, -0.2) is 0 Å². The minimum atomic E-state index is 0.102. The zero-order valence-corrected chi connectivity index (χ0v) is 12.6. The third-order valence-electron chi connectivity index (χ3n) is 3.31. The van der Waals surface area contributed by atoms with E-state index in [1.165, 1.54) is 17.8 Å². The molecule has 1 aliphatic rings. The molecule has 3 nitrogen and oxygen atoms in total. The van der Waals surface area contributed by atoms with Crippen LogP contribution in [0.4, 0.5) is 0 Å². The first-order chi connectivity index (χ1) is 9.19. The van der Waals surface area contributed by atoms with Gasteiger partial charge in [-0.1, -0.05) is 11.6 Å². The fraction of sp³-hybridized carbons (Fsp3) is 0.500. The molecule has 0 aromatic carbocycles. The van der Waals surface area contributed by atoms with E-state index in [9.17, 15) is 4.79 Å². The third-order valence-corrected chi connectivity index (χ3v) is 4.50. The highest BCUT2D eigenvalue weighted by Gasteiger charge is 2.21. The van der Waals surface area contributed by atoms with Gasteiger partial charge in [-0.3, -0.25) is 4.79 Å². The first-order valence-corrected chi connectivity index (χ1v) is 7.75. The van der Waals surface area contributed by atoms with Crippen LogP contribution >= 0.6 is 22.9 Å². The van der Waals surface area contributed by atoms with Crippen molar-refractivity contribution in [2.45, 2.75) is 12.8 Å². The van der Waals surface area contributed by atoms with Crippen LogP contribution in [-0.4, -0.2) is 37.5 Å². The van der Waals surface area contributed by atoms with Crippen molar-refractivity contribution in [1.82, 2.24) is 10.2 Å². The number of likely N-dealkylation sites (tertiary alicyclic amines) is 1. The Kier molecular flexibility index (Phi) is 5.43. The van der Waals surface area contributed by atoms with Crippen molar-refractivity contribution in [1.29, 1.82) is 0 Å². The molecule has 1 fully saturated rings. The van der Waals surface area contributed by atoms with Crippen molar-refractivity contribution in [2.75, 3.05) is 26.7 Å². The van der Waals surface area contributed by atoms with Gasteiger partial charge in [0.2, 0.25) is 5.91 Å². The van der Waals surface area contributed by atoms with Crippen LogP contribution in [0.2, 0.25) is 4.34 Å². The van der Waals surface area contributed by atoms with Gasteiger partial charge in [0.15, 0.2) is 0 Å². The van der Waals surface area contributed by atoms with Crippen molar-refractivity contribution in [3.05, 3.63) is 27.4 Å². The fourth-order valence-corrected chi connectivity index (χ4v) is 3.36. The Morgan fingerprint density at radius 2 is 2.47 bits per heavy atom. The maximum absolute atomic E-state index is 12.1. The Hall–Kier alpha value is -0.840. The van der Waals surface area contributed by atoms with E-state index in [4.69, 9.17) is 11.6 Å². The molecule has 0 aliphatic carbocycles. The number of carbonyl (C=O) groups is 1. The predicted octanol–water partition coefficient (Wildman–Crippen LogP) is 2.87. The summed E-state index contributed by atoms with van der Waals surface area (Å²) in [6.07, 6.45) is 5.80. The van der Waals surface area contributed by atoms with Crippen LogP contribution in [0, 0.1) is 5.92 Å². The Balaban J connectivity index is 1.90. The van der Waals surface area contributed by atoms with Crippen LogP contribution in [0.3, 0.4) is 0 Å². The molecule has 1 aromatic heterocycles. The van der Waals surface area contributed by atoms with Crippen LogP contribution in [-0.2, 0) is 4.79 Å². The van der Waals surface area contributed by atoms with E-state index in [1.54, 1.807) is 6.08 Å². The third kappa shape index (κ3) is 4.34. The molecule has 0 bridgehead atoms. The highest BCUT2D eigenvalue weighted by Crippen LogP contribution is 2.22. The standard InChI is InChI=1S/C14H19ClN2OS/c1-16-9-11-3-2-8-17(10-11)14(18)7-5-12-4-6-13(15)19-12/h4-7,11,16H,2-3,8-10H2,1H3. The Labute approximate surface area is 123 Å². The lowest BCUT2D eigenvalue weighted by Crippen LogP contribution is -2.41. The number of piperidine rings is 1. The molecule has 0 radical (unpaired) electrons. The average Bonchev–Trinajstić information content (AvgIpc) is 2.82. The summed E-state index contributed by atoms with van der Waals surface area (Å²) in [6.45, 7) is 2.71. The summed E-state index contributed by atoms with van der Waals surface area (Å²) in [5, 5.41) is 3.19. The van der Waals surface area contributed by atoms with Gasteiger partial charge in [0, 0.05) is 24.0 Å². The van der Waals surface area contributed by atoms with E-state index in [0.29, 0.717) is 5.92 Å². The topological polar surface area (TPSA) is 32.3 Å². The first-order valence-electron chi connectivity index (χ1n) is 6.56. The Bertz CT molecular complexity index is 456. The SMILES string of the molecule is CNCC1CCCN(C(=O)C=Cc2ccc(Cl)s2)C1. The number of nitrogens with one attached hydrogen (secondary N) is 1. The zero-order chi connectivity index (χ0) is 13.7. The van der Waals surface area contributed by atoms with Crippen molar-refractivity contribution >= 4 is 34.9 Å². The van der Waals surface area contributed by atoms with E-state index in [2.05, 4.69) is 5.32 Å². The van der Waals surface area contributed by atoms with Crippen molar-refractivity contribution in [3.63, 3.8) is 0 Å². The van der Waals surface area contributed by atoms with Gasteiger partial charge in [0.1, 0.15) is 0 Å². The summed E-state index contributed by atoms with van der Waals surface area (Å²) in [5.74, 6) is 0.678. The number of hydrogen-bond donors (Lipinski definition) is 1. The minimum Gasteiger partial charge on any atom is -0.339 e. The van der Waals surface area contributed by atoms with Gasteiger partial charge in [-0.05, 0) is 50.6 Å². The number of thiophene rings is 1. The fourth-order valence-electron chi connectivity index (χ4n) is 2.40. The first kappa shape index (κ1) is 14.6. The van der Waals surface area contributed by atoms with Crippen LogP contribution in [0.5, 0.6) is 0 Å². The highest BCUT2D eigenvalue weighted by molar-refractivity contribution is 7.17. The second kappa shape index (κ2) is 7.08. The summed E-state index contributed by atoms with van der Waals surface area (Å²) in [5.41, 5.74) is 0. The number of halogens is 1. The molecule has 1 atom stereocenters. The Morgan fingerprint density at radius 1 is 1.63 bits per heavy atom. The normalized spacial score (nSPS) is 20.1. The second-order valence-corrected chi connectivity index (χ2v) is 6.57. The average molecular weight is 299 g/mol. The van der Waals surface area contributed by atoms with Crippen LogP contribution < -0.4 is 5.32 Å². The molecule has 0 saturated carbocycles. The summed E-state index contributed by atoms with van der Waals surface area (Å²) < 4.78 is 0.749. The summed E-state index contributed by atoms with van der Waals surface area (Å²) in [7, 11) is 1.96. The van der Waals surface area contributed by atoms with Gasteiger partial charge in [-0.15, -0.1) is 11.3 Å². The zero-order valence-electron chi connectivity index (χ0n) is 11.1. The number of nitrogens with zero attached hydrogens (tertiary/aromatic N) is 1. The van der Waals surface area contributed by atoms with Gasteiger partial charge in [-0.2, -0.15) is 0 Å². The maximum atomic E-state index is 12.1. The van der Waals surface area contributed by atoms with Crippen LogP contribution in [0.25, 0.3) is 6.08 Å². The number of hydrogen-bond acceptors (Lipinski definition) is 3. The molecule has 5 heteroatoms. The van der Waals surface area contributed by atoms with E-state index in [-0.39, 0.29) is 5.91 Å². The molecule has 2 rings (SSSR count). The van der Waals surface area contributed by atoms with Gasteiger partial charge < -0.3 is 10.2 Å². The molecular formula is C14H19ClN2OS. The minimum absolute atomic E-state index is 0.102. The summed E-state index contributed by atoms with van der Waals surface area (Å²) in [4.78, 5) is 15.1. The van der Waals surface area contributed by atoms with Gasteiger partial charge in [0.05, 0.1) is 4.34 Å². The van der Waals surface area contributed by atoms with E-state index in [0.717, 1.165) is 35.3 Å². The molecule has 1 unspecified atom stereocenters. The molecule has 1 N–H and O–H groups in total. The molecule has 1 saturated heterocycles. The number of amides is 1. The smallest absolute Gasteiger partial charge is 0.246 e. The van der Waals surface area contributed by atoms with Crippen molar-refractivity contribution in [3.8, 4) is 0 Å². The monoisotopic (exact) mass is 298 g/mol. The quantitative estimate of drug-likeness (QED) is 0.867. The van der Waals surface area contributed by atoms with Crippen molar-refractivity contribution in [2.24, 2.45) is 5.92 Å². The molecule has 2 heterocycles. The lowest BCUT2D eigenvalue weighted by molar-refractivity contribution is -0.127. The maximum Gasteiger partial charge on any atom is 0.246 e. The summed E-state index contributed by atoms with van der Waals surface area (Å²) >= 11 is 7.34. The predicted molar refractivity (Wildman–Crippen MR) is 81.6 cm³/mol. The molecule has 19 heavy (non-hydrogen) atoms. The van der Waals surface area contributed by atoms with E-state index < -0.39 is 0 Å². The lowest BCUT2D eigenvalue weighted by Gasteiger charge is -2.32. The highest BCUT2D eigenvalue weighted by atomic mass is 35.5. The molecule has 1 amide bonds. The van der Waals surface area contributed by atoms with Crippen LogP contribution in [0.15, 0.2) is 18.2 Å². The van der Waals surface area contributed by atoms with Gasteiger partial charge >= 0.3 is 0 Å². The largest absolute Gasteiger partial charge is 0.339 e. The lowest BCUT2D eigenvalue weighted by atomic mass is 9.98. The molecular weight excluding hydrogens is 280 g/mol. The second-order valence-electron chi connectivity index (χ2n) is 4.83. The van der Waals surface area contributed by atoms with Crippen molar-refractivity contribution < 1.29 is 4.79 Å². The Morgan fingerprint density at radius 3 is 3.16 bits per heavy atom. The number of rotatable bonds is 4. The molecule has 104 valence electrons. The van der Waals surface area contributed by atoms with Gasteiger partial charge in [0.25, 0.3) is 0 Å². The van der Waals surface area contributed by atoms with Crippen LogP contribution in [0.1, 0.15) is 17.7 Å². The molecule has 1 aromatic rings. The molecule has 1 aliphatic heterocycles. The van der Waals surface area contributed by atoms with E-state index >= 15 is 0 Å². The molecule has 0 spiro atoms. The number of carbonyl (C=O) groups excluding carboxylic acids is 1.